The summed E-state index contributed by atoms with van der Waals surface area (Å²) in [4.78, 5) is 12.2. The van der Waals surface area contributed by atoms with Crippen molar-refractivity contribution in [2.24, 2.45) is 5.73 Å². The van der Waals surface area contributed by atoms with E-state index in [0.717, 1.165) is 12.8 Å². The van der Waals surface area contributed by atoms with Crippen LogP contribution in [-0.4, -0.2) is 22.5 Å². The molecule has 0 aromatic heterocycles. The number of unbranched alkanes of at least 4 members (excludes halogenated alkanes) is 1. The first kappa shape index (κ1) is 14.7. The van der Waals surface area contributed by atoms with Crippen LogP contribution in [0, 0.1) is 0 Å². The summed E-state index contributed by atoms with van der Waals surface area (Å²) >= 11 is 10.5. The van der Waals surface area contributed by atoms with E-state index >= 15 is 0 Å². The fourth-order valence-electron chi connectivity index (χ4n) is 1.41. The second-order valence-electron chi connectivity index (χ2n) is 3.84. The molecule has 0 unspecified atom stereocenters. The van der Waals surface area contributed by atoms with Crippen molar-refractivity contribution in [3.63, 3.8) is 0 Å². The number of nitrogens with one attached hydrogen (secondary N) is 1. The number of phenols is 1. The van der Waals surface area contributed by atoms with Crippen LogP contribution < -0.4 is 11.1 Å². The Hall–Kier alpha value is -1.33. The molecule has 0 fully saturated rings. The molecule has 98 valence electrons. The van der Waals surface area contributed by atoms with Gasteiger partial charge in [-0.3, -0.25) is 4.79 Å². The highest BCUT2D eigenvalue weighted by molar-refractivity contribution is 7.80. The molecule has 0 heterocycles. The van der Waals surface area contributed by atoms with Crippen LogP contribution in [0.25, 0.3) is 0 Å². The lowest BCUT2D eigenvalue weighted by Gasteiger charge is -2.07. The largest absolute Gasteiger partial charge is 0.507 e. The third-order valence-electron chi connectivity index (χ3n) is 2.34. The molecule has 0 aliphatic carbocycles. The second-order valence-corrected chi connectivity index (χ2v) is 4.80. The number of amides is 1. The van der Waals surface area contributed by atoms with E-state index in [1.165, 1.54) is 18.2 Å². The first-order valence-corrected chi connectivity index (χ1v) is 6.34. The molecule has 1 amide bonds. The highest BCUT2D eigenvalue weighted by Crippen LogP contribution is 2.21. The van der Waals surface area contributed by atoms with Gasteiger partial charge in [0.1, 0.15) is 5.75 Å². The number of hydrogen-bond donors (Lipinski definition) is 3. The average molecular weight is 287 g/mol. The molecule has 18 heavy (non-hydrogen) atoms. The van der Waals surface area contributed by atoms with Crippen LogP contribution >= 0.6 is 23.8 Å². The summed E-state index contributed by atoms with van der Waals surface area (Å²) in [5.74, 6) is -0.426. The van der Waals surface area contributed by atoms with Gasteiger partial charge < -0.3 is 16.2 Å². The zero-order valence-electron chi connectivity index (χ0n) is 9.78. The highest BCUT2D eigenvalue weighted by atomic mass is 35.5. The van der Waals surface area contributed by atoms with Crippen molar-refractivity contribution in [2.75, 3.05) is 6.54 Å². The van der Waals surface area contributed by atoms with Crippen LogP contribution in [0.4, 0.5) is 0 Å². The third kappa shape index (κ3) is 4.89. The maximum atomic E-state index is 11.7. The van der Waals surface area contributed by atoms with Crippen molar-refractivity contribution in [3.05, 3.63) is 28.8 Å². The lowest BCUT2D eigenvalue weighted by atomic mass is 10.2. The Bertz CT molecular complexity index is 452. The van der Waals surface area contributed by atoms with E-state index in [0.29, 0.717) is 23.0 Å². The number of hydrogen-bond acceptors (Lipinski definition) is 3. The van der Waals surface area contributed by atoms with E-state index in [9.17, 15) is 9.90 Å². The zero-order valence-corrected chi connectivity index (χ0v) is 11.4. The van der Waals surface area contributed by atoms with Gasteiger partial charge >= 0.3 is 0 Å². The number of halogens is 1. The topological polar surface area (TPSA) is 75.3 Å². The van der Waals surface area contributed by atoms with Gasteiger partial charge in [0.2, 0.25) is 0 Å². The number of thiocarbonyl (C=S) groups is 1. The number of aromatic hydroxyl groups is 1. The zero-order chi connectivity index (χ0) is 13.5. The Morgan fingerprint density at radius 2 is 2.17 bits per heavy atom. The Balaban J connectivity index is 2.41. The maximum absolute atomic E-state index is 11.7. The summed E-state index contributed by atoms with van der Waals surface area (Å²) < 4.78 is 0. The molecule has 0 spiro atoms. The van der Waals surface area contributed by atoms with Crippen LogP contribution in [-0.2, 0) is 0 Å². The monoisotopic (exact) mass is 286 g/mol. The van der Waals surface area contributed by atoms with Gasteiger partial charge in [-0.2, -0.15) is 0 Å². The summed E-state index contributed by atoms with van der Waals surface area (Å²) in [6.07, 6.45) is 2.29. The van der Waals surface area contributed by atoms with Crippen molar-refractivity contribution >= 4 is 34.7 Å². The van der Waals surface area contributed by atoms with Crippen molar-refractivity contribution < 1.29 is 9.90 Å². The summed E-state index contributed by atoms with van der Waals surface area (Å²) in [6, 6.07) is 4.35. The van der Waals surface area contributed by atoms with Gasteiger partial charge in [-0.05, 0) is 37.5 Å². The van der Waals surface area contributed by atoms with Gasteiger partial charge in [0, 0.05) is 11.6 Å². The summed E-state index contributed by atoms with van der Waals surface area (Å²) in [5, 5.41) is 12.6. The minimum absolute atomic E-state index is 0.0833. The molecule has 0 saturated heterocycles. The number of nitrogens with two attached hydrogens (primary N) is 1. The summed E-state index contributed by atoms with van der Waals surface area (Å²) in [5.41, 5.74) is 5.54. The highest BCUT2D eigenvalue weighted by Gasteiger charge is 2.10. The molecule has 0 radical (unpaired) electrons. The molecule has 0 saturated carbocycles. The van der Waals surface area contributed by atoms with Gasteiger partial charge in [0.25, 0.3) is 5.91 Å². The molecule has 1 aromatic rings. The number of rotatable bonds is 6. The molecule has 0 atom stereocenters. The number of carbonyl (C=O) groups excluding carboxylic acids is 1. The Kier molecular flexibility index (Phi) is 5.88. The molecule has 0 aliphatic heterocycles. The van der Waals surface area contributed by atoms with Gasteiger partial charge in [-0.25, -0.2) is 0 Å². The fourth-order valence-corrected chi connectivity index (χ4v) is 1.73. The molecular formula is C12H15ClN2O2S. The number of benzene rings is 1. The molecule has 1 aromatic carbocycles. The SMILES string of the molecule is NC(=S)CCCCNC(=O)c1cc(Cl)ccc1O. The van der Waals surface area contributed by atoms with E-state index in [1.807, 2.05) is 0 Å². The quantitative estimate of drug-likeness (QED) is 0.554. The van der Waals surface area contributed by atoms with Crippen LogP contribution in [0.15, 0.2) is 18.2 Å². The smallest absolute Gasteiger partial charge is 0.255 e. The van der Waals surface area contributed by atoms with Crippen LogP contribution in [0.3, 0.4) is 0 Å². The van der Waals surface area contributed by atoms with E-state index in [1.54, 1.807) is 0 Å². The lowest BCUT2D eigenvalue weighted by molar-refractivity contribution is 0.0950. The van der Waals surface area contributed by atoms with Crippen molar-refractivity contribution in [1.82, 2.24) is 5.32 Å². The molecule has 4 N–H and O–H groups in total. The standard InChI is InChI=1S/C12H15ClN2O2S/c13-8-4-5-10(16)9(7-8)12(17)15-6-2-1-3-11(14)18/h4-5,7,16H,1-3,6H2,(H2,14,18)(H,15,17). The first-order chi connectivity index (χ1) is 8.50. The third-order valence-corrected chi connectivity index (χ3v) is 2.78. The summed E-state index contributed by atoms with van der Waals surface area (Å²) in [6.45, 7) is 0.507. The second kappa shape index (κ2) is 7.18. The Morgan fingerprint density at radius 3 is 2.83 bits per heavy atom. The number of carbonyl (C=O) groups is 1. The normalized spacial score (nSPS) is 10.1. The molecule has 0 aliphatic rings. The van der Waals surface area contributed by atoms with E-state index in [4.69, 9.17) is 29.6 Å². The maximum Gasteiger partial charge on any atom is 0.255 e. The van der Waals surface area contributed by atoms with Crippen LogP contribution in [0.1, 0.15) is 29.6 Å². The van der Waals surface area contributed by atoms with Crippen molar-refractivity contribution in [3.8, 4) is 5.75 Å². The van der Waals surface area contributed by atoms with Crippen molar-refractivity contribution in [2.45, 2.75) is 19.3 Å². The number of phenolic OH excluding ortho intramolecular Hbond substituents is 1. The van der Waals surface area contributed by atoms with Gasteiger partial charge in [-0.15, -0.1) is 0 Å². The minimum Gasteiger partial charge on any atom is -0.507 e. The Labute approximate surface area is 116 Å². The van der Waals surface area contributed by atoms with Crippen LogP contribution in [0.2, 0.25) is 5.02 Å². The fraction of sp³-hybridized carbons (Fsp3) is 0.333. The van der Waals surface area contributed by atoms with E-state index < -0.39 is 0 Å². The van der Waals surface area contributed by atoms with Gasteiger partial charge in [0.05, 0.1) is 10.6 Å². The predicted molar refractivity (Wildman–Crippen MR) is 76.1 cm³/mol. The Morgan fingerprint density at radius 1 is 1.44 bits per heavy atom. The van der Waals surface area contributed by atoms with Gasteiger partial charge in [0.15, 0.2) is 0 Å². The van der Waals surface area contributed by atoms with Crippen LogP contribution in [0.5, 0.6) is 5.75 Å². The van der Waals surface area contributed by atoms with E-state index in [-0.39, 0.29) is 17.2 Å². The average Bonchev–Trinajstić information content (AvgIpc) is 2.31. The molecule has 6 heteroatoms. The lowest BCUT2D eigenvalue weighted by Crippen LogP contribution is -2.24. The minimum atomic E-state index is -0.342. The molecule has 0 bridgehead atoms. The van der Waals surface area contributed by atoms with Gasteiger partial charge in [-0.1, -0.05) is 23.8 Å². The van der Waals surface area contributed by atoms with E-state index in [2.05, 4.69) is 5.32 Å². The molecule has 4 nitrogen and oxygen atoms in total. The van der Waals surface area contributed by atoms with Crippen molar-refractivity contribution in [1.29, 1.82) is 0 Å². The molecule has 1 rings (SSSR count). The summed E-state index contributed by atoms with van der Waals surface area (Å²) in [7, 11) is 0. The predicted octanol–water partition coefficient (Wildman–Crippen LogP) is 2.23. The first-order valence-electron chi connectivity index (χ1n) is 5.55. The molecular weight excluding hydrogens is 272 g/mol.